The molecule has 0 spiro atoms. The minimum atomic E-state index is -0.954. The Labute approximate surface area is 194 Å². The molecule has 1 aliphatic heterocycles. The number of piperidine rings is 1. The van der Waals surface area contributed by atoms with Gasteiger partial charge in [-0.2, -0.15) is 4.98 Å². The molecule has 172 valence electrons. The van der Waals surface area contributed by atoms with Crippen LogP contribution in [0.4, 0.5) is 5.95 Å². The second kappa shape index (κ2) is 9.17. The molecule has 0 saturated carbocycles. The highest BCUT2D eigenvalue weighted by molar-refractivity contribution is 6.35. The van der Waals surface area contributed by atoms with Crippen molar-refractivity contribution in [2.75, 3.05) is 24.6 Å². The number of aliphatic hydroxyl groups excluding tert-OH is 1. The molecule has 1 atom stereocenters. The highest BCUT2D eigenvalue weighted by Gasteiger charge is 2.25. The van der Waals surface area contributed by atoms with E-state index in [1.54, 1.807) is 29.8 Å². The minimum absolute atomic E-state index is 0.0491. The Morgan fingerprint density at radius 1 is 1.12 bits per heavy atom. The molecular formula is C21H25Cl2N5O4. The number of anilines is 1. The zero-order valence-corrected chi connectivity index (χ0v) is 19.4. The lowest BCUT2D eigenvalue weighted by atomic mass is 10.1. The monoisotopic (exact) mass is 481 g/mol. The summed E-state index contributed by atoms with van der Waals surface area (Å²) in [6.07, 6.45) is 2.21. The molecule has 0 bridgehead atoms. The topological polar surface area (TPSA) is 94.5 Å². The number of aryl methyl sites for hydroxylation is 1. The first-order valence-corrected chi connectivity index (χ1v) is 11.2. The highest BCUT2D eigenvalue weighted by Crippen LogP contribution is 2.28. The van der Waals surface area contributed by atoms with Crippen molar-refractivity contribution in [3.05, 3.63) is 49.1 Å². The van der Waals surface area contributed by atoms with Gasteiger partial charge >= 0.3 is 5.69 Å². The number of nitrogens with zero attached hydrogens (tertiary/aromatic N) is 5. The predicted octanol–water partition coefficient (Wildman–Crippen LogP) is 2.17. The van der Waals surface area contributed by atoms with E-state index in [2.05, 4.69) is 9.88 Å². The van der Waals surface area contributed by atoms with Crippen molar-refractivity contribution in [2.24, 2.45) is 14.1 Å². The van der Waals surface area contributed by atoms with E-state index in [1.165, 1.54) is 11.6 Å². The number of rotatable bonds is 6. The lowest BCUT2D eigenvalue weighted by Crippen LogP contribution is -2.38. The third kappa shape index (κ3) is 4.24. The predicted molar refractivity (Wildman–Crippen MR) is 124 cm³/mol. The summed E-state index contributed by atoms with van der Waals surface area (Å²) in [5, 5.41) is 11.6. The fourth-order valence-corrected chi connectivity index (χ4v) is 4.45. The van der Waals surface area contributed by atoms with Crippen molar-refractivity contribution in [1.82, 2.24) is 18.7 Å². The molecule has 2 aromatic heterocycles. The van der Waals surface area contributed by atoms with E-state index < -0.39 is 17.4 Å². The summed E-state index contributed by atoms with van der Waals surface area (Å²) in [6, 6.07) is 4.85. The Hall–Kier alpha value is -2.49. The largest absolute Gasteiger partial charge is 0.489 e. The van der Waals surface area contributed by atoms with Crippen LogP contribution in [0.2, 0.25) is 10.0 Å². The van der Waals surface area contributed by atoms with E-state index in [9.17, 15) is 14.7 Å². The number of hydrogen-bond donors (Lipinski definition) is 1. The number of benzene rings is 1. The molecule has 1 N–H and O–H groups in total. The maximum atomic E-state index is 13.0. The van der Waals surface area contributed by atoms with Gasteiger partial charge in [0.15, 0.2) is 11.2 Å². The van der Waals surface area contributed by atoms with Crippen LogP contribution in [-0.2, 0) is 20.6 Å². The minimum Gasteiger partial charge on any atom is -0.489 e. The second-order valence-electron chi connectivity index (χ2n) is 7.99. The summed E-state index contributed by atoms with van der Waals surface area (Å²) in [4.78, 5) is 32.1. The van der Waals surface area contributed by atoms with Gasteiger partial charge in [0.25, 0.3) is 5.56 Å². The molecule has 1 aromatic carbocycles. The van der Waals surface area contributed by atoms with Crippen LogP contribution >= 0.6 is 23.2 Å². The summed E-state index contributed by atoms with van der Waals surface area (Å²) in [7, 11) is 3.02. The third-order valence-electron chi connectivity index (χ3n) is 5.69. The first-order chi connectivity index (χ1) is 15.3. The van der Waals surface area contributed by atoms with Crippen molar-refractivity contribution < 1.29 is 9.84 Å². The van der Waals surface area contributed by atoms with Gasteiger partial charge in [0.2, 0.25) is 5.95 Å². The number of fused-ring (bicyclic) bond motifs is 1. The molecule has 1 saturated heterocycles. The molecule has 9 nitrogen and oxygen atoms in total. The summed E-state index contributed by atoms with van der Waals surface area (Å²) in [6.45, 7) is 1.61. The highest BCUT2D eigenvalue weighted by atomic mass is 35.5. The first-order valence-electron chi connectivity index (χ1n) is 10.4. The molecule has 4 rings (SSSR count). The molecule has 1 aliphatic rings. The van der Waals surface area contributed by atoms with Crippen molar-refractivity contribution in [2.45, 2.75) is 31.9 Å². The number of aromatic nitrogens is 4. The molecule has 0 unspecified atom stereocenters. The van der Waals surface area contributed by atoms with Crippen LogP contribution in [-0.4, -0.2) is 49.6 Å². The smallest absolute Gasteiger partial charge is 0.332 e. The number of imidazole rings is 1. The Morgan fingerprint density at radius 2 is 1.84 bits per heavy atom. The van der Waals surface area contributed by atoms with Gasteiger partial charge in [0.1, 0.15) is 18.5 Å². The summed E-state index contributed by atoms with van der Waals surface area (Å²) < 4.78 is 9.78. The van der Waals surface area contributed by atoms with Gasteiger partial charge < -0.3 is 19.3 Å². The van der Waals surface area contributed by atoms with Crippen LogP contribution in [0.15, 0.2) is 27.8 Å². The maximum Gasteiger partial charge on any atom is 0.332 e. The van der Waals surface area contributed by atoms with Gasteiger partial charge in [0, 0.05) is 32.2 Å². The summed E-state index contributed by atoms with van der Waals surface area (Å²) >= 11 is 12.1. The van der Waals surface area contributed by atoms with E-state index in [-0.39, 0.29) is 18.7 Å². The molecule has 32 heavy (non-hydrogen) atoms. The van der Waals surface area contributed by atoms with E-state index in [0.717, 1.165) is 36.9 Å². The Morgan fingerprint density at radius 3 is 2.53 bits per heavy atom. The van der Waals surface area contributed by atoms with Crippen LogP contribution < -0.4 is 20.9 Å². The average Bonchev–Trinajstić information content (AvgIpc) is 3.15. The van der Waals surface area contributed by atoms with E-state index >= 15 is 0 Å². The molecule has 0 aliphatic carbocycles. The fourth-order valence-electron chi connectivity index (χ4n) is 3.98. The first kappa shape index (κ1) is 22.7. The summed E-state index contributed by atoms with van der Waals surface area (Å²) in [5.74, 6) is 0.974. The molecule has 1 fully saturated rings. The standard InChI is InChI=1S/C21H25Cl2N5O4/c1-25-18-17(19(30)26(2)21(25)31)28(20(24-18)27-8-4-3-5-9-27)11-14(29)12-32-16-7-6-13(22)10-15(16)23/h6-7,10,14,29H,3-5,8-9,11-12H2,1-2H3/t14-/m1/s1. The Kier molecular flexibility index (Phi) is 6.50. The molecular weight excluding hydrogens is 457 g/mol. The molecule has 0 radical (unpaired) electrons. The number of hydrogen-bond acceptors (Lipinski definition) is 6. The van der Waals surface area contributed by atoms with Crippen LogP contribution in [0.25, 0.3) is 11.2 Å². The number of halogens is 2. The summed E-state index contributed by atoms with van der Waals surface area (Å²) in [5.41, 5.74) is -0.322. The Balaban J connectivity index is 1.69. The maximum absolute atomic E-state index is 13.0. The molecule has 3 aromatic rings. The third-order valence-corrected chi connectivity index (χ3v) is 6.22. The van der Waals surface area contributed by atoms with Crippen LogP contribution in [0, 0.1) is 0 Å². The quantitative estimate of drug-likeness (QED) is 0.579. The van der Waals surface area contributed by atoms with Crippen LogP contribution in [0.1, 0.15) is 19.3 Å². The lowest BCUT2D eigenvalue weighted by molar-refractivity contribution is 0.0936. The van der Waals surface area contributed by atoms with Crippen molar-refractivity contribution in [3.63, 3.8) is 0 Å². The SMILES string of the molecule is Cn1c(=O)c2c(nc(N3CCCCC3)n2C[C@@H](O)COc2ccc(Cl)cc2Cl)n(C)c1=O. The Bertz CT molecular complexity index is 1260. The average molecular weight is 482 g/mol. The van der Waals surface area contributed by atoms with Gasteiger partial charge in [-0.15, -0.1) is 0 Å². The van der Waals surface area contributed by atoms with Gasteiger partial charge in [-0.25, -0.2) is 4.79 Å². The zero-order valence-electron chi connectivity index (χ0n) is 17.9. The van der Waals surface area contributed by atoms with Gasteiger partial charge in [-0.3, -0.25) is 13.9 Å². The van der Waals surface area contributed by atoms with E-state index in [0.29, 0.717) is 27.4 Å². The second-order valence-corrected chi connectivity index (χ2v) is 8.83. The van der Waals surface area contributed by atoms with Gasteiger partial charge in [-0.05, 0) is 37.5 Å². The van der Waals surface area contributed by atoms with E-state index in [1.807, 2.05) is 0 Å². The normalized spacial score (nSPS) is 15.3. The van der Waals surface area contributed by atoms with Gasteiger partial charge in [0.05, 0.1) is 11.6 Å². The van der Waals surface area contributed by atoms with Gasteiger partial charge in [-0.1, -0.05) is 23.2 Å². The number of aliphatic hydroxyl groups is 1. The molecule has 11 heteroatoms. The van der Waals surface area contributed by atoms with Crippen LogP contribution in [0.5, 0.6) is 5.75 Å². The molecule has 0 amide bonds. The van der Waals surface area contributed by atoms with Crippen molar-refractivity contribution in [3.8, 4) is 5.75 Å². The number of ether oxygens (including phenoxy) is 1. The lowest BCUT2D eigenvalue weighted by Gasteiger charge is -2.28. The zero-order chi connectivity index (χ0) is 23.0. The fraction of sp³-hybridized carbons (Fsp3) is 0.476. The van der Waals surface area contributed by atoms with E-state index in [4.69, 9.17) is 27.9 Å². The van der Waals surface area contributed by atoms with Crippen molar-refractivity contribution in [1.29, 1.82) is 0 Å². The van der Waals surface area contributed by atoms with Crippen molar-refractivity contribution >= 4 is 40.3 Å². The van der Waals surface area contributed by atoms with Crippen LogP contribution in [0.3, 0.4) is 0 Å². The molecule has 3 heterocycles.